The van der Waals surface area contributed by atoms with Crippen LogP contribution in [0.1, 0.15) is 49.8 Å². The molecule has 2 heterocycles. The van der Waals surface area contributed by atoms with E-state index in [1.54, 1.807) is 0 Å². The highest BCUT2D eigenvalue weighted by atomic mass is 79.9. The number of halogens is 1. The molecule has 4 fully saturated rings. The SMILES string of the molecule is Brc1ccccc1-n1nc(C23CC4CC(CC(C4)C2)C3)c2c1NCC2. The minimum Gasteiger partial charge on any atom is -0.369 e. The number of hydrogen-bond donors (Lipinski definition) is 1. The lowest BCUT2D eigenvalue weighted by Crippen LogP contribution is -2.49. The Bertz CT molecular complexity index is 818. The molecule has 25 heavy (non-hydrogen) atoms. The fraction of sp³-hybridized carbons (Fsp3) is 0.571. The van der Waals surface area contributed by atoms with Crippen LogP contribution in [0.2, 0.25) is 0 Å². The van der Waals surface area contributed by atoms with Gasteiger partial charge in [-0.2, -0.15) is 5.10 Å². The summed E-state index contributed by atoms with van der Waals surface area (Å²) >= 11 is 3.73. The molecule has 2 aromatic rings. The molecule has 0 spiro atoms. The standard InChI is InChI=1S/C21H24BrN3/c22-17-3-1-2-4-18(17)25-20-16(5-6-23-20)19(24-25)21-10-13-7-14(11-21)9-15(8-13)12-21/h1-4,13-15,23H,5-12H2. The molecule has 0 radical (unpaired) electrons. The predicted octanol–water partition coefficient (Wildman–Crippen LogP) is 5.07. The highest BCUT2D eigenvalue weighted by Gasteiger charge is 2.54. The van der Waals surface area contributed by atoms with E-state index in [1.165, 1.54) is 55.6 Å². The summed E-state index contributed by atoms with van der Waals surface area (Å²) in [6.07, 6.45) is 9.77. The molecule has 4 bridgehead atoms. The highest BCUT2D eigenvalue weighted by Crippen LogP contribution is 2.61. The molecule has 0 amide bonds. The van der Waals surface area contributed by atoms with Gasteiger partial charge in [0.05, 0.1) is 11.4 Å². The van der Waals surface area contributed by atoms with Gasteiger partial charge in [0.15, 0.2) is 0 Å². The van der Waals surface area contributed by atoms with Crippen molar-refractivity contribution >= 4 is 21.7 Å². The quantitative estimate of drug-likeness (QED) is 0.766. The van der Waals surface area contributed by atoms with Gasteiger partial charge in [-0.3, -0.25) is 0 Å². The first-order valence-corrected chi connectivity index (χ1v) is 10.6. The maximum Gasteiger partial charge on any atom is 0.133 e. The molecule has 0 atom stereocenters. The number of aromatic nitrogens is 2. The minimum atomic E-state index is 0.372. The zero-order valence-corrected chi connectivity index (χ0v) is 16.1. The van der Waals surface area contributed by atoms with Gasteiger partial charge < -0.3 is 5.32 Å². The smallest absolute Gasteiger partial charge is 0.133 e. The van der Waals surface area contributed by atoms with Crippen molar-refractivity contribution in [1.82, 2.24) is 9.78 Å². The Morgan fingerprint density at radius 2 is 1.72 bits per heavy atom. The summed E-state index contributed by atoms with van der Waals surface area (Å²) in [5.74, 6) is 4.14. The molecule has 0 unspecified atom stereocenters. The molecule has 0 saturated heterocycles. The number of hydrogen-bond acceptors (Lipinski definition) is 2. The van der Waals surface area contributed by atoms with E-state index < -0.39 is 0 Å². The Kier molecular flexibility index (Phi) is 3.04. The molecule has 4 heteroatoms. The normalized spacial score (nSPS) is 35.0. The predicted molar refractivity (Wildman–Crippen MR) is 103 cm³/mol. The van der Waals surface area contributed by atoms with Crippen molar-refractivity contribution in [2.24, 2.45) is 17.8 Å². The summed E-state index contributed by atoms with van der Waals surface area (Å²) < 4.78 is 3.30. The number of para-hydroxylation sites is 1. The van der Waals surface area contributed by atoms with Crippen LogP contribution in [0.3, 0.4) is 0 Å². The first kappa shape index (κ1) is 14.8. The van der Waals surface area contributed by atoms with Crippen LogP contribution in [0.15, 0.2) is 28.7 Å². The second-order valence-electron chi connectivity index (χ2n) is 8.91. The molecule has 1 aromatic carbocycles. The molecule has 3 nitrogen and oxygen atoms in total. The van der Waals surface area contributed by atoms with E-state index >= 15 is 0 Å². The van der Waals surface area contributed by atoms with E-state index in [1.807, 2.05) is 0 Å². The Balaban J connectivity index is 1.52. The molecule has 1 aliphatic heterocycles. The first-order valence-electron chi connectivity index (χ1n) is 9.83. The van der Waals surface area contributed by atoms with Crippen molar-refractivity contribution in [3.63, 3.8) is 0 Å². The molecule has 1 N–H and O–H groups in total. The monoisotopic (exact) mass is 397 g/mol. The van der Waals surface area contributed by atoms with E-state index in [0.717, 1.165) is 40.9 Å². The largest absolute Gasteiger partial charge is 0.369 e. The van der Waals surface area contributed by atoms with Gasteiger partial charge in [-0.1, -0.05) is 12.1 Å². The van der Waals surface area contributed by atoms with Gasteiger partial charge in [-0.25, -0.2) is 4.68 Å². The second kappa shape index (κ2) is 5.12. The van der Waals surface area contributed by atoms with E-state index in [-0.39, 0.29) is 0 Å². The summed E-state index contributed by atoms with van der Waals surface area (Å²) in [5, 5.41) is 8.90. The van der Waals surface area contributed by atoms with Gasteiger partial charge in [0.2, 0.25) is 0 Å². The summed E-state index contributed by atoms with van der Waals surface area (Å²) in [4.78, 5) is 0. The molecule has 4 saturated carbocycles. The van der Waals surface area contributed by atoms with Crippen LogP contribution in [-0.4, -0.2) is 16.3 Å². The van der Waals surface area contributed by atoms with Crippen LogP contribution in [0, 0.1) is 17.8 Å². The van der Waals surface area contributed by atoms with Crippen LogP contribution < -0.4 is 5.32 Å². The molecular weight excluding hydrogens is 374 g/mol. The molecule has 7 rings (SSSR count). The summed E-state index contributed by atoms with van der Waals surface area (Å²) in [7, 11) is 0. The molecule has 1 aromatic heterocycles. The maximum atomic E-state index is 5.28. The number of nitrogens with zero attached hydrogens (tertiary/aromatic N) is 2. The van der Waals surface area contributed by atoms with Gasteiger partial charge in [0.25, 0.3) is 0 Å². The van der Waals surface area contributed by atoms with Crippen LogP contribution >= 0.6 is 15.9 Å². The lowest BCUT2D eigenvalue weighted by Gasteiger charge is -2.56. The maximum absolute atomic E-state index is 5.28. The van der Waals surface area contributed by atoms with Crippen molar-refractivity contribution in [2.75, 3.05) is 11.9 Å². The zero-order chi connectivity index (χ0) is 16.6. The molecule has 130 valence electrons. The third-order valence-electron chi connectivity index (χ3n) is 7.27. The third kappa shape index (κ3) is 2.06. The second-order valence-corrected chi connectivity index (χ2v) is 9.77. The third-order valence-corrected chi connectivity index (χ3v) is 7.94. The lowest BCUT2D eigenvalue weighted by molar-refractivity contribution is -0.00770. The van der Waals surface area contributed by atoms with Crippen molar-refractivity contribution in [2.45, 2.75) is 50.4 Å². The zero-order valence-electron chi connectivity index (χ0n) is 14.5. The Hall–Kier alpha value is -1.29. The highest BCUT2D eigenvalue weighted by molar-refractivity contribution is 9.10. The molecular formula is C21H24BrN3. The van der Waals surface area contributed by atoms with Crippen molar-refractivity contribution in [3.05, 3.63) is 40.0 Å². The van der Waals surface area contributed by atoms with E-state index in [4.69, 9.17) is 5.10 Å². The molecule has 4 aliphatic carbocycles. The average molecular weight is 398 g/mol. The fourth-order valence-corrected chi connectivity index (χ4v) is 7.25. The first-order chi connectivity index (χ1) is 12.2. The fourth-order valence-electron chi connectivity index (χ4n) is 6.80. The van der Waals surface area contributed by atoms with Crippen LogP contribution in [0.4, 0.5) is 5.82 Å². The summed E-state index contributed by atoms with van der Waals surface area (Å²) in [6, 6.07) is 8.46. The van der Waals surface area contributed by atoms with Gasteiger partial charge in [0, 0.05) is 22.0 Å². The van der Waals surface area contributed by atoms with Crippen molar-refractivity contribution in [1.29, 1.82) is 0 Å². The summed E-state index contributed by atoms with van der Waals surface area (Å²) in [5.41, 5.74) is 4.49. The Morgan fingerprint density at radius 1 is 1.04 bits per heavy atom. The minimum absolute atomic E-state index is 0.372. The number of anilines is 1. The van der Waals surface area contributed by atoms with Gasteiger partial charge in [-0.15, -0.1) is 0 Å². The number of benzene rings is 1. The molecule has 5 aliphatic rings. The van der Waals surface area contributed by atoms with E-state index in [0.29, 0.717) is 5.41 Å². The lowest BCUT2D eigenvalue weighted by atomic mass is 9.48. The Morgan fingerprint density at radius 3 is 2.40 bits per heavy atom. The number of fused-ring (bicyclic) bond motifs is 1. The van der Waals surface area contributed by atoms with Crippen molar-refractivity contribution < 1.29 is 0 Å². The van der Waals surface area contributed by atoms with Crippen molar-refractivity contribution in [3.8, 4) is 5.69 Å². The van der Waals surface area contributed by atoms with Gasteiger partial charge >= 0.3 is 0 Å². The van der Waals surface area contributed by atoms with Gasteiger partial charge in [0.1, 0.15) is 5.82 Å². The van der Waals surface area contributed by atoms with Crippen LogP contribution in [0.25, 0.3) is 5.69 Å². The number of rotatable bonds is 2. The topological polar surface area (TPSA) is 29.9 Å². The number of nitrogens with one attached hydrogen (secondary N) is 1. The summed E-state index contributed by atoms with van der Waals surface area (Å²) in [6.45, 7) is 1.05. The average Bonchev–Trinajstić information content (AvgIpc) is 3.16. The van der Waals surface area contributed by atoms with E-state index in [9.17, 15) is 0 Å². The van der Waals surface area contributed by atoms with E-state index in [2.05, 4.69) is 50.2 Å². The van der Waals surface area contributed by atoms with Gasteiger partial charge in [-0.05, 0) is 90.8 Å². The Labute approximate surface area is 157 Å². The van der Waals surface area contributed by atoms with Crippen LogP contribution in [0.5, 0.6) is 0 Å². The van der Waals surface area contributed by atoms with Crippen LogP contribution in [-0.2, 0) is 11.8 Å².